The van der Waals surface area contributed by atoms with E-state index in [0.717, 1.165) is 22.7 Å². The number of benzene rings is 2. The average molecular weight is 441 g/mol. The van der Waals surface area contributed by atoms with Crippen LogP contribution in [0.15, 0.2) is 53.5 Å². The van der Waals surface area contributed by atoms with E-state index in [9.17, 15) is 0 Å². The van der Waals surface area contributed by atoms with Gasteiger partial charge in [-0.1, -0.05) is 30.3 Å². The summed E-state index contributed by atoms with van der Waals surface area (Å²) < 4.78 is 11.1. The highest BCUT2D eigenvalue weighted by Gasteiger charge is 2.06. The number of nitrogens with one attached hydrogen (secondary N) is 1. The molecule has 0 spiro atoms. The lowest BCUT2D eigenvalue weighted by molar-refractivity contribution is 0.229. The molecule has 0 radical (unpaired) electrons. The first-order valence-electron chi connectivity index (χ1n) is 7.52. The van der Waals surface area contributed by atoms with Gasteiger partial charge in [0.05, 0.1) is 19.3 Å². The van der Waals surface area contributed by atoms with E-state index in [4.69, 9.17) is 15.2 Å². The summed E-state index contributed by atoms with van der Waals surface area (Å²) in [7, 11) is 1.62. The van der Waals surface area contributed by atoms with Gasteiger partial charge >= 0.3 is 0 Å². The van der Waals surface area contributed by atoms with Crippen LogP contribution in [0.1, 0.15) is 12.5 Å². The summed E-state index contributed by atoms with van der Waals surface area (Å²) in [6.45, 7) is 4.44. The van der Waals surface area contributed by atoms with Gasteiger partial charge in [0.2, 0.25) is 0 Å². The lowest BCUT2D eigenvalue weighted by Crippen LogP contribution is -2.26. The number of methoxy groups -OCH3 is 1. The van der Waals surface area contributed by atoms with E-state index in [0.29, 0.717) is 12.5 Å². The third kappa shape index (κ3) is 5.92. The molecule has 1 unspecified atom stereocenters. The third-order valence-electron chi connectivity index (χ3n) is 3.31. The van der Waals surface area contributed by atoms with Crippen molar-refractivity contribution in [2.24, 2.45) is 10.7 Å². The minimum Gasteiger partial charge on any atom is -0.495 e. The molecule has 0 amide bonds. The summed E-state index contributed by atoms with van der Waals surface area (Å²) in [5.41, 5.74) is 7.81. The highest BCUT2D eigenvalue weighted by Crippen LogP contribution is 2.22. The van der Waals surface area contributed by atoms with E-state index in [-0.39, 0.29) is 30.1 Å². The van der Waals surface area contributed by atoms with Gasteiger partial charge in [-0.15, -0.1) is 24.0 Å². The molecule has 2 aromatic rings. The molecule has 0 saturated carbocycles. The fraction of sp³-hybridized carbons (Fsp3) is 0.278. The number of hydrogen-bond donors (Lipinski definition) is 2. The zero-order chi connectivity index (χ0) is 16.7. The lowest BCUT2D eigenvalue weighted by atomic mass is 10.2. The van der Waals surface area contributed by atoms with Crippen molar-refractivity contribution in [1.82, 2.24) is 0 Å². The predicted molar refractivity (Wildman–Crippen MR) is 110 cm³/mol. The molecule has 130 valence electrons. The van der Waals surface area contributed by atoms with Gasteiger partial charge in [-0.25, -0.2) is 4.99 Å². The van der Waals surface area contributed by atoms with Crippen molar-refractivity contribution in [1.29, 1.82) is 0 Å². The number of para-hydroxylation sites is 3. The fourth-order valence-electron chi connectivity index (χ4n) is 2.09. The van der Waals surface area contributed by atoms with Gasteiger partial charge in [-0.2, -0.15) is 0 Å². The molecule has 6 heteroatoms. The van der Waals surface area contributed by atoms with Crippen LogP contribution in [0.25, 0.3) is 0 Å². The van der Waals surface area contributed by atoms with Gasteiger partial charge in [0, 0.05) is 0 Å². The van der Waals surface area contributed by atoms with Crippen LogP contribution in [0.4, 0.5) is 5.69 Å². The number of halogens is 1. The molecular weight excluding hydrogens is 417 g/mol. The average Bonchev–Trinajstić information content (AvgIpc) is 2.55. The molecule has 0 saturated heterocycles. The third-order valence-corrected chi connectivity index (χ3v) is 3.31. The van der Waals surface area contributed by atoms with Gasteiger partial charge < -0.3 is 20.5 Å². The quantitative estimate of drug-likeness (QED) is 0.407. The Morgan fingerprint density at radius 1 is 1.12 bits per heavy atom. The minimum atomic E-state index is -0.0749. The van der Waals surface area contributed by atoms with Crippen LogP contribution in [-0.4, -0.2) is 25.7 Å². The number of ether oxygens (including phenoxy) is 2. The van der Waals surface area contributed by atoms with Crippen LogP contribution in [-0.2, 0) is 0 Å². The second-order valence-electron chi connectivity index (χ2n) is 5.25. The molecule has 0 bridgehead atoms. The Balaban J connectivity index is 0.00000288. The number of nitrogens with two attached hydrogens (primary N) is 1. The van der Waals surface area contributed by atoms with E-state index in [1.165, 1.54) is 0 Å². The van der Waals surface area contributed by atoms with Crippen molar-refractivity contribution >= 4 is 35.6 Å². The molecule has 1 atom stereocenters. The summed E-state index contributed by atoms with van der Waals surface area (Å²) in [4.78, 5) is 4.32. The van der Waals surface area contributed by atoms with E-state index in [2.05, 4.69) is 10.3 Å². The molecule has 3 N–H and O–H groups in total. The van der Waals surface area contributed by atoms with Gasteiger partial charge in [-0.3, -0.25) is 0 Å². The largest absolute Gasteiger partial charge is 0.495 e. The van der Waals surface area contributed by atoms with Gasteiger partial charge in [-0.05, 0) is 37.6 Å². The van der Waals surface area contributed by atoms with E-state index >= 15 is 0 Å². The van der Waals surface area contributed by atoms with Crippen LogP contribution in [0.3, 0.4) is 0 Å². The zero-order valence-electron chi connectivity index (χ0n) is 14.2. The summed E-state index contributed by atoms with van der Waals surface area (Å²) in [5.74, 6) is 1.91. The van der Waals surface area contributed by atoms with Crippen molar-refractivity contribution in [3.8, 4) is 11.5 Å². The summed E-state index contributed by atoms with van der Waals surface area (Å²) >= 11 is 0. The fourth-order valence-corrected chi connectivity index (χ4v) is 2.09. The second kappa shape index (κ2) is 10.0. The summed E-state index contributed by atoms with van der Waals surface area (Å²) in [6.07, 6.45) is -0.0749. The zero-order valence-corrected chi connectivity index (χ0v) is 16.5. The van der Waals surface area contributed by atoms with Crippen LogP contribution in [0.5, 0.6) is 11.5 Å². The van der Waals surface area contributed by atoms with Crippen LogP contribution in [0, 0.1) is 6.92 Å². The highest BCUT2D eigenvalue weighted by atomic mass is 127. The molecule has 2 aromatic carbocycles. The topological polar surface area (TPSA) is 68.9 Å². The van der Waals surface area contributed by atoms with Crippen molar-refractivity contribution in [2.45, 2.75) is 20.0 Å². The Labute approximate surface area is 160 Å². The Hall–Kier alpha value is -1.96. The van der Waals surface area contributed by atoms with Crippen molar-refractivity contribution in [2.75, 3.05) is 19.0 Å². The molecule has 2 rings (SSSR count). The molecule has 24 heavy (non-hydrogen) atoms. The monoisotopic (exact) mass is 441 g/mol. The van der Waals surface area contributed by atoms with Gasteiger partial charge in [0.1, 0.15) is 17.6 Å². The first-order valence-corrected chi connectivity index (χ1v) is 7.52. The molecule has 0 aliphatic heterocycles. The first kappa shape index (κ1) is 20.1. The molecule has 0 aliphatic carbocycles. The molecule has 0 aliphatic rings. The van der Waals surface area contributed by atoms with Crippen LogP contribution >= 0.6 is 24.0 Å². The summed E-state index contributed by atoms with van der Waals surface area (Å²) in [6, 6.07) is 15.5. The minimum absolute atomic E-state index is 0. The summed E-state index contributed by atoms with van der Waals surface area (Å²) in [5, 5.41) is 3.04. The number of anilines is 1. The second-order valence-corrected chi connectivity index (χ2v) is 5.25. The maximum absolute atomic E-state index is 5.93. The molecule has 0 heterocycles. The van der Waals surface area contributed by atoms with Crippen molar-refractivity contribution in [3.63, 3.8) is 0 Å². The van der Waals surface area contributed by atoms with Crippen LogP contribution < -0.4 is 20.5 Å². The molecular formula is C18H24IN3O2. The standard InChI is InChI=1S/C18H23N3O2.HI/c1-13-8-4-6-10-16(13)23-14(2)12-20-18(19)21-15-9-5-7-11-17(15)22-3;/h4-11,14H,12H2,1-3H3,(H3,19,20,21);1H. The number of hydrogen-bond acceptors (Lipinski definition) is 3. The van der Waals surface area contributed by atoms with E-state index in [1.807, 2.05) is 62.4 Å². The highest BCUT2D eigenvalue weighted by molar-refractivity contribution is 14.0. The van der Waals surface area contributed by atoms with Crippen LogP contribution in [0.2, 0.25) is 0 Å². The van der Waals surface area contributed by atoms with E-state index in [1.54, 1.807) is 7.11 Å². The Morgan fingerprint density at radius 3 is 2.42 bits per heavy atom. The first-order chi connectivity index (χ1) is 11.1. The number of guanidine groups is 1. The lowest BCUT2D eigenvalue weighted by Gasteiger charge is -2.15. The van der Waals surface area contributed by atoms with E-state index < -0.39 is 0 Å². The molecule has 0 aromatic heterocycles. The smallest absolute Gasteiger partial charge is 0.193 e. The number of aryl methyl sites for hydroxylation is 1. The predicted octanol–water partition coefficient (Wildman–Crippen LogP) is 3.82. The van der Waals surface area contributed by atoms with Crippen molar-refractivity contribution in [3.05, 3.63) is 54.1 Å². The SMILES string of the molecule is COc1ccccc1NC(N)=NCC(C)Oc1ccccc1C.I. The molecule has 0 fully saturated rings. The normalized spacial score (nSPS) is 12.0. The number of rotatable bonds is 6. The Bertz CT molecular complexity index is 677. The van der Waals surface area contributed by atoms with Gasteiger partial charge in [0.15, 0.2) is 5.96 Å². The maximum atomic E-state index is 5.93. The Morgan fingerprint density at radius 2 is 1.75 bits per heavy atom. The molecule has 5 nitrogen and oxygen atoms in total. The number of aliphatic imine (C=N–C) groups is 1. The van der Waals surface area contributed by atoms with Crippen molar-refractivity contribution < 1.29 is 9.47 Å². The Kier molecular flexibility index (Phi) is 8.39. The number of nitrogens with zero attached hydrogens (tertiary/aromatic N) is 1. The van der Waals surface area contributed by atoms with Gasteiger partial charge in [0.25, 0.3) is 0 Å². The maximum Gasteiger partial charge on any atom is 0.193 e.